The summed E-state index contributed by atoms with van der Waals surface area (Å²) >= 11 is 13.9. The number of carbonyl (C=O) groups is 1. The van der Waals surface area contributed by atoms with Gasteiger partial charge >= 0.3 is 5.97 Å². The highest BCUT2D eigenvalue weighted by Crippen LogP contribution is 2.45. The molecule has 0 bridgehead atoms. The van der Waals surface area contributed by atoms with Crippen molar-refractivity contribution in [2.24, 2.45) is 5.41 Å². The van der Waals surface area contributed by atoms with Gasteiger partial charge in [-0.15, -0.1) is 0 Å². The highest BCUT2D eigenvalue weighted by Gasteiger charge is 2.33. The third-order valence-corrected chi connectivity index (χ3v) is 4.78. The van der Waals surface area contributed by atoms with Crippen LogP contribution in [-0.4, -0.2) is 18.0 Å². The molecular weight excluding hydrogens is 460 g/mol. The van der Waals surface area contributed by atoms with Gasteiger partial charge < -0.3 is 5.11 Å². The highest BCUT2D eigenvalue weighted by molar-refractivity contribution is 9.39. The SMILES string of the molecule is CC(C)(CCC(=O)O)C(Br)CC(Br)(Br)Br. The van der Waals surface area contributed by atoms with Crippen LogP contribution in [-0.2, 0) is 4.79 Å². The van der Waals surface area contributed by atoms with Crippen molar-refractivity contribution in [3.63, 3.8) is 0 Å². The molecule has 0 amide bonds. The van der Waals surface area contributed by atoms with Crippen molar-refractivity contribution >= 4 is 69.7 Å². The van der Waals surface area contributed by atoms with Crippen LogP contribution in [0.3, 0.4) is 0 Å². The van der Waals surface area contributed by atoms with Crippen LogP contribution in [0.15, 0.2) is 0 Å². The predicted octanol–water partition coefficient (Wildman–Crippen LogP) is 4.87. The molecule has 0 aromatic carbocycles. The van der Waals surface area contributed by atoms with Crippen molar-refractivity contribution in [1.29, 1.82) is 0 Å². The predicted molar refractivity (Wildman–Crippen MR) is 77.5 cm³/mol. The van der Waals surface area contributed by atoms with Gasteiger partial charge in [-0.2, -0.15) is 0 Å². The second-order valence-electron chi connectivity index (χ2n) is 4.17. The molecule has 0 aromatic rings. The molecule has 0 fully saturated rings. The Morgan fingerprint density at radius 1 is 1.33 bits per heavy atom. The molecule has 6 heteroatoms. The van der Waals surface area contributed by atoms with Crippen LogP contribution < -0.4 is 0 Å². The maximum Gasteiger partial charge on any atom is 0.303 e. The second-order valence-corrected chi connectivity index (χ2v) is 12.5. The van der Waals surface area contributed by atoms with E-state index in [1.165, 1.54) is 0 Å². The molecule has 0 rings (SSSR count). The van der Waals surface area contributed by atoms with Gasteiger partial charge in [0.15, 0.2) is 0 Å². The lowest BCUT2D eigenvalue weighted by Gasteiger charge is -2.32. The number of hydrogen-bond donors (Lipinski definition) is 1. The number of carboxylic acid groups (broad SMARTS) is 1. The van der Waals surface area contributed by atoms with Gasteiger partial charge in [0.2, 0.25) is 0 Å². The largest absolute Gasteiger partial charge is 0.481 e. The molecule has 1 atom stereocenters. The van der Waals surface area contributed by atoms with Crippen molar-refractivity contribution in [2.75, 3.05) is 0 Å². The van der Waals surface area contributed by atoms with E-state index in [9.17, 15) is 4.79 Å². The zero-order valence-corrected chi connectivity index (χ0v) is 14.9. The van der Waals surface area contributed by atoms with E-state index in [4.69, 9.17) is 5.11 Å². The molecule has 0 aromatic heterocycles. The van der Waals surface area contributed by atoms with Gasteiger partial charge in [-0.25, -0.2) is 0 Å². The molecule has 1 N–H and O–H groups in total. The molecule has 90 valence electrons. The van der Waals surface area contributed by atoms with E-state index in [1.807, 2.05) is 0 Å². The number of halogens is 4. The minimum Gasteiger partial charge on any atom is -0.481 e. The lowest BCUT2D eigenvalue weighted by atomic mass is 9.83. The fraction of sp³-hybridized carbons (Fsp3) is 0.889. The van der Waals surface area contributed by atoms with E-state index < -0.39 is 5.97 Å². The maximum atomic E-state index is 10.5. The number of hydrogen-bond acceptors (Lipinski definition) is 1. The van der Waals surface area contributed by atoms with Gasteiger partial charge in [-0.3, -0.25) is 4.79 Å². The summed E-state index contributed by atoms with van der Waals surface area (Å²) in [5.74, 6) is -0.745. The van der Waals surface area contributed by atoms with Crippen molar-refractivity contribution < 1.29 is 9.90 Å². The first-order valence-electron chi connectivity index (χ1n) is 4.47. The quantitative estimate of drug-likeness (QED) is 0.579. The Morgan fingerprint density at radius 3 is 2.13 bits per heavy atom. The Labute approximate surface area is 124 Å². The average molecular weight is 474 g/mol. The van der Waals surface area contributed by atoms with E-state index in [1.54, 1.807) is 0 Å². The number of aliphatic carboxylic acids is 1. The molecule has 0 aliphatic rings. The Hall–Kier alpha value is 1.39. The van der Waals surface area contributed by atoms with E-state index in [-0.39, 0.29) is 18.8 Å². The summed E-state index contributed by atoms with van der Waals surface area (Å²) in [5.41, 5.74) is -0.0566. The summed E-state index contributed by atoms with van der Waals surface area (Å²) in [6.45, 7) is 4.13. The summed E-state index contributed by atoms with van der Waals surface area (Å²) < 4.78 is -0.290. The van der Waals surface area contributed by atoms with Crippen LogP contribution in [0.25, 0.3) is 0 Å². The van der Waals surface area contributed by atoms with Gasteiger partial charge in [0.05, 0.1) is 0 Å². The molecule has 0 aliphatic carbocycles. The smallest absolute Gasteiger partial charge is 0.303 e. The summed E-state index contributed by atoms with van der Waals surface area (Å²) in [6, 6.07) is 0. The van der Waals surface area contributed by atoms with Crippen LogP contribution in [0.1, 0.15) is 33.1 Å². The molecule has 0 radical (unpaired) electrons. The van der Waals surface area contributed by atoms with Crippen LogP contribution in [0.2, 0.25) is 0 Å². The van der Waals surface area contributed by atoms with Gasteiger partial charge in [0, 0.05) is 11.2 Å². The first kappa shape index (κ1) is 16.4. The lowest BCUT2D eigenvalue weighted by Crippen LogP contribution is -2.28. The molecule has 2 nitrogen and oxygen atoms in total. The highest BCUT2D eigenvalue weighted by atomic mass is 80.0. The third kappa shape index (κ3) is 8.16. The van der Waals surface area contributed by atoms with Crippen molar-refractivity contribution in [1.82, 2.24) is 0 Å². The van der Waals surface area contributed by atoms with Crippen molar-refractivity contribution in [3.8, 4) is 0 Å². The zero-order valence-electron chi connectivity index (χ0n) is 8.57. The van der Waals surface area contributed by atoms with E-state index in [0.717, 1.165) is 6.42 Å². The fourth-order valence-corrected chi connectivity index (χ4v) is 4.05. The van der Waals surface area contributed by atoms with Crippen LogP contribution in [0.4, 0.5) is 0 Å². The van der Waals surface area contributed by atoms with Crippen LogP contribution in [0, 0.1) is 5.41 Å². The molecule has 1 unspecified atom stereocenters. The lowest BCUT2D eigenvalue weighted by molar-refractivity contribution is -0.137. The Kier molecular flexibility index (Phi) is 6.95. The minimum atomic E-state index is -0.745. The molecule has 0 saturated carbocycles. The first-order chi connectivity index (χ1) is 6.54. The molecule has 0 aliphatic heterocycles. The van der Waals surface area contributed by atoms with Crippen LogP contribution in [0.5, 0.6) is 0 Å². The molecule has 0 saturated heterocycles. The number of alkyl halides is 4. The van der Waals surface area contributed by atoms with E-state index >= 15 is 0 Å². The Bertz CT molecular complexity index is 223. The summed E-state index contributed by atoms with van der Waals surface area (Å²) in [6.07, 6.45) is 1.66. The third-order valence-electron chi connectivity index (χ3n) is 2.24. The minimum absolute atomic E-state index is 0.0566. The maximum absolute atomic E-state index is 10.5. The Balaban J connectivity index is 4.25. The van der Waals surface area contributed by atoms with Crippen molar-refractivity contribution in [2.45, 2.75) is 40.1 Å². The van der Waals surface area contributed by atoms with Crippen LogP contribution >= 0.6 is 63.7 Å². The molecular formula is C9H14Br4O2. The zero-order chi connectivity index (χ0) is 12.3. The number of carboxylic acids is 1. The molecule has 0 heterocycles. The summed E-state index contributed by atoms with van der Waals surface area (Å²) in [4.78, 5) is 10.7. The molecule has 0 spiro atoms. The van der Waals surface area contributed by atoms with E-state index in [0.29, 0.717) is 6.42 Å². The van der Waals surface area contributed by atoms with Crippen molar-refractivity contribution in [3.05, 3.63) is 0 Å². The topological polar surface area (TPSA) is 37.3 Å². The van der Waals surface area contributed by atoms with Gasteiger partial charge in [0.25, 0.3) is 0 Å². The van der Waals surface area contributed by atoms with Gasteiger partial charge in [0.1, 0.15) is 2.14 Å². The monoisotopic (exact) mass is 470 g/mol. The summed E-state index contributed by atoms with van der Waals surface area (Å²) in [7, 11) is 0. The van der Waals surface area contributed by atoms with Gasteiger partial charge in [-0.05, 0) is 18.3 Å². The summed E-state index contributed by atoms with van der Waals surface area (Å²) in [5, 5.41) is 8.65. The van der Waals surface area contributed by atoms with E-state index in [2.05, 4.69) is 77.6 Å². The Morgan fingerprint density at radius 2 is 1.80 bits per heavy atom. The standard InChI is InChI=1S/C9H14Br4O2/c1-8(2,4-3-7(14)15)6(10)5-9(11,12)13/h6H,3-5H2,1-2H3,(H,14,15). The average Bonchev–Trinajstić information content (AvgIpc) is 1.97. The van der Waals surface area contributed by atoms with Gasteiger partial charge in [-0.1, -0.05) is 77.6 Å². The molecule has 15 heavy (non-hydrogen) atoms. The fourth-order valence-electron chi connectivity index (χ4n) is 1.07. The number of rotatable bonds is 5. The first-order valence-corrected chi connectivity index (χ1v) is 7.77. The normalized spacial score (nSPS) is 15.1. The second kappa shape index (κ2) is 6.36.